The van der Waals surface area contributed by atoms with Crippen molar-refractivity contribution in [3.63, 3.8) is 0 Å². The van der Waals surface area contributed by atoms with Crippen molar-refractivity contribution in [2.45, 2.75) is 13.5 Å². The minimum Gasteiger partial charge on any atom is -0.493 e. The molecule has 0 aliphatic carbocycles. The summed E-state index contributed by atoms with van der Waals surface area (Å²) in [6.07, 6.45) is 1.46. The van der Waals surface area contributed by atoms with Gasteiger partial charge in [-0.25, -0.2) is 9.97 Å². The maximum absolute atomic E-state index is 12.7. The number of nitrogens with zero attached hydrogens (tertiary/aromatic N) is 5. The maximum Gasteiger partial charge on any atom is 0.275 e. The van der Waals surface area contributed by atoms with Gasteiger partial charge in [-0.2, -0.15) is 14.9 Å². The molecule has 0 spiro atoms. The van der Waals surface area contributed by atoms with E-state index in [1.165, 1.54) is 46.4 Å². The molecule has 37 heavy (non-hydrogen) atoms. The van der Waals surface area contributed by atoms with Gasteiger partial charge in [0, 0.05) is 6.07 Å². The van der Waals surface area contributed by atoms with Crippen molar-refractivity contribution in [1.82, 2.24) is 19.6 Å². The number of rotatable bonds is 7. The molecule has 0 unspecified atom stereocenters. The molecule has 0 saturated heterocycles. The molecule has 0 bridgehead atoms. The molecule has 5 aromatic rings. The Morgan fingerprint density at radius 1 is 1.16 bits per heavy atom. The molecule has 0 saturated carbocycles. The highest BCUT2D eigenvalue weighted by Crippen LogP contribution is 2.30. The lowest BCUT2D eigenvalue weighted by Crippen LogP contribution is -2.16. The monoisotopic (exact) mass is 530 g/mol. The molecule has 10 nitrogen and oxygen atoms in total. The summed E-state index contributed by atoms with van der Waals surface area (Å²) in [5.74, 6) is 0.246. The number of carbonyl (C=O) groups is 1. The van der Waals surface area contributed by atoms with E-state index in [9.17, 15) is 14.9 Å². The first kappa shape index (κ1) is 24.1. The first-order valence-corrected chi connectivity index (χ1v) is 12.5. The number of nitrogens with one attached hydrogen (secondary N) is 1. The number of amides is 1. The summed E-state index contributed by atoms with van der Waals surface area (Å²) < 4.78 is 13.5. The SMILES string of the molecule is COc1cc(/C=C(\C#N)C(=O)Nc2nc3ccccc3s2)ccc1OCc1cc(=O)n2nc(C)sc2n1. The van der Waals surface area contributed by atoms with Crippen LogP contribution >= 0.6 is 22.7 Å². The van der Waals surface area contributed by atoms with Gasteiger partial charge >= 0.3 is 0 Å². The fourth-order valence-electron chi connectivity index (χ4n) is 3.48. The zero-order valence-corrected chi connectivity index (χ0v) is 21.2. The van der Waals surface area contributed by atoms with E-state index < -0.39 is 5.91 Å². The van der Waals surface area contributed by atoms with Gasteiger partial charge in [0.25, 0.3) is 11.5 Å². The summed E-state index contributed by atoms with van der Waals surface area (Å²) in [6.45, 7) is 1.85. The molecule has 2 aromatic carbocycles. The van der Waals surface area contributed by atoms with Crippen LogP contribution in [0.15, 0.2) is 58.9 Å². The zero-order chi connectivity index (χ0) is 25.9. The van der Waals surface area contributed by atoms with Crippen molar-refractivity contribution in [2.75, 3.05) is 12.4 Å². The Morgan fingerprint density at radius 2 is 2.00 bits per heavy atom. The van der Waals surface area contributed by atoms with Crippen LogP contribution < -0.4 is 20.3 Å². The lowest BCUT2D eigenvalue weighted by Gasteiger charge is -2.11. The van der Waals surface area contributed by atoms with E-state index in [2.05, 4.69) is 20.4 Å². The van der Waals surface area contributed by atoms with Gasteiger partial charge in [0.15, 0.2) is 16.6 Å². The Labute approximate surface area is 218 Å². The lowest BCUT2D eigenvalue weighted by molar-refractivity contribution is -0.112. The normalized spacial score (nSPS) is 11.4. The number of para-hydroxylation sites is 1. The van der Waals surface area contributed by atoms with Gasteiger partial charge in [0.05, 0.1) is 23.0 Å². The highest BCUT2D eigenvalue weighted by atomic mass is 32.1. The van der Waals surface area contributed by atoms with Crippen molar-refractivity contribution < 1.29 is 14.3 Å². The smallest absolute Gasteiger partial charge is 0.275 e. The van der Waals surface area contributed by atoms with Crippen molar-refractivity contribution in [2.24, 2.45) is 0 Å². The molecule has 0 aliphatic heterocycles. The van der Waals surface area contributed by atoms with E-state index in [0.29, 0.717) is 32.8 Å². The molecule has 3 aromatic heterocycles. The van der Waals surface area contributed by atoms with E-state index >= 15 is 0 Å². The van der Waals surface area contributed by atoms with Gasteiger partial charge in [0.1, 0.15) is 23.3 Å². The van der Waals surface area contributed by atoms with Crippen LogP contribution in [0.5, 0.6) is 11.5 Å². The van der Waals surface area contributed by atoms with Gasteiger partial charge in [-0.15, -0.1) is 0 Å². The highest BCUT2D eigenvalue weighted by Gasteiger charge is 2.14. The largest absolute Gasteiger partial charge is 0.493 e. The van der Waals surface area contributed by atoms with Crippen LogP contribution in [0.2, 0.25) is 0 Å². The standard InChI is InChI=1S/C25H18N6O4S2/c1-14-30-31-22(32)11-17(27-25(31)36-14)13-35-19-8-7-15(10-20(19)34-2)9-16(12-26)23(33)29-24-28-18-5-3-4-6-21(18)37-24/h3-11H,13H2,1-2H3,(H,28,29,33)/b16-9+. The highest BCUT2D eigenvalue weighted by molar-refractivity contribution is 7.22. The number of anilines is 1. The van der Waals surface area contributed by atoms with E-state index in [1.807, 2.05) is 30.3 Å². The Morgan fingerprint density at radius 3 is 2.78 bits per heavy atom. The van der Waals surface area contributed by atoms with Crippen molar-refractivity contribution >= 4 is 55.0 Å². The Kier molecular flexibility index (Phi) is 6.63. The van der Waals surface area contributed by atoms with Crippen LogP contribution in [0, 0.1) is 18.3 Å². The van der Waals surface area contributed by atoms with E-state index in [-0.39, 0.29) is 17.7 Å². The fourth-order valence-corrected chi connectivity index (χ4v) is 5.10. The van der Waals surface area contributed by atoms with Crippen LogP contribution in [0.4, 0.5) is 5.13 Å². The summed E-state index contributed by atoms with van der Waals surface area (Å²) in [7, 11) is 1.48. The number of aromatic nitrogens is 4. The molecule has 0 radical (unpaired) electrons. The summed E-state index contributed by atoms with van der Waals surface area (Å²) in [5.41, 5.74) is 1.42. The first-order valence-electron chi connectivity index (χ1n) is 10.9. The average molecular weight is 531 g/mol. The predicted octanol–water partition coefficient (Wildman–Crippen LogP) is 4.20. The van der Waals surface area contributed by atoms with Crippen LogP contribution in [-0.4, -0.2) is 32.6 Å². The van der Waals surface area contributed by atoms with E-state index in [0.717, 1.165) is 15.2 Å². The van der Waals surface area contributed by atoms with Gasteiger partial charge in [-0.05, 0) is 42.8 Å². The predicted molar refractivity (Wildman–Crippen MR) is 141 cm³/mol. The minimum absolute atomic E-state index is 0.0439. The number of hydrogen-bond donors (Lipinski definition) is 1. The van der Waals surface area contributed by atoms with E-state index in [1.54, 1.807) is 25.1 Å². The number of aryl methyl sites for hydroxylation is 1. The maximum atomic E-state index is 12.7. The zero-order valence-electron chi connectivity index (χ0n) is 19.6. The van der Waals surface area contributed by atoms with Gasteiger partial charge in [-0.1, -0.05) is 40.9 Å². The average Bonchev–Trinajstić information content (AvgIpc) is 3.48. The van der Waals surface area contributed by atoms with Gasteiger partial charge in [0.2, 0.25) is 4.96 Å². The Bertz CT molecular complexity index is 1750. The molecular formula is C25H18N6O4S2. The first-order chi connectivity index (χ1) is 17.9. The second kappa shape index (κ2) is 10.2. The number of hydrogen-bond acceptors (Lipinski definition) is 10. The summed E-state index contributed by atoms with van der Waals surface area (Å²) >= 11 is 2.64. The summed E-state index contributed by atoms with van der Waals surface area (Å²) in [4.78, 5) is 34.2. The van der Waals surface area contributed by atoms with Gasteiger partial charge < -0.3 is 9.47 Å². The molecule has 1 N–H and O–H groups in total. The minimum atomic E-state index is -0.563. The fraction of sp³-hybridized carbons (Fsp3) is 0.120. The summed E-state index contributed by atoms with van der Waals surface area (Å²) in [5, 5.41) is 17.5. The number of nitriles is 1. The third kappa shape index (κ3) is 5.18. The van der Waals surface area contributed by atoms with E-state index in [4.69, 9.17) is 9.47 Å². The molecule has 5 rings (SSSR count). The van der Waals surface area contributed by atoms with Crippen molar-refractivity contribution in [3.8, 4) is 17.6 Å². The number of methoxy groups -OCH3 is 1. The molecular weight excluding hydrogens is 512 g/mol. The van der Waals surface area contributed by atoms with Crippen molar-refractivity contribution in [1.29, 1.82) is 5.26 Å². The van der Waals surface area contributed by atoms with Crippen LogP contribution in [0.3, 0.4) is 0 Å². The molecule has 1 amide bonds. The molecule has 0 aliphatic rings. The molecule has 12 heteroatoms. The molecule has 184 valence electrons. The number of thiazole rings is 1. The molecule has 3 heterocycles. The third-order valence-electron chi connectivity index (χ3n) is 5.15. The summed E-state index contributed by atoms with van der Waals surface area (Å²) in [6, 6.07) is 15.8. The Balaban J connectivity index is 1.32. The number of fused-ring (bicyclic) bond motifs is 2. The Hall–Kier alpha value is -4.60. The second-order valence-electron chi connectivity index (χ2n) is 7.71. The second-order valence-corrected chi connectivity index (χ2v) is 9.90. The lowest BCUT2D eigenvalue weighted by atomic mass is 10.1. The van der Waals surface area contributed by atoms with Crippen LogP contribution in [0.1, 0.15) is 16.3 Å². The van der Waals surface area contributed by atoms with Crippen LogP contribution in [0.25, 0.3) is 21.3 Å². The number of benzene rings is 2. The van der Waals surface area contributed by atoms with Crippen LogP contribution in [-0.2, 0) is 11.4 Å². The van der Waals surface area contributed by atoms with Gasteiger partial charge in [-0.3, -0.25) is 14.9 Å². The number of carbonyl (C=O) groups excluding carboxylic acids is 1. The topological polar surface area (TPSA) is 132 Å². The third-order valence-corrected chi connectivity index (χ3v) is 6.93. The number of ether oxygens (including phenoxy) is 2. The quantitative estimate of drug-likeness (QED) is 0.245. The molecule has 0 atom stereocenters. The molecule has 0 fully saturated rings. The van der Waals surface area contributed by atoms with Crippen molar-refractivity contribution in [3.05, 3.63) is 80.7 Å².